The Kier molecular flexibility index (Phi) is 4.08. The summed E-state index contributed by atoms with van der Waals surface area (Å²) in [6.45, 7) is 7.37. The summed E-state index contributed by atoms with van der Waals surface area (Å²) in [5.41, 5.74) is -2.79. The molecule has 0 aromatic rings. The van der Waals surface area contributed by atoms with E-state index in [0.717, 1.165) is 0 Å². The molecule has 7 heteroatoms. The Bertz CT molecular complexity index is 686. The normalized spacial score (nSPS) is 27.3. The van der Waals surface area contributed by atoms with Crippen molar-refractivity contribution in [2.45, 2.75) is 33.2 Å². The van der Waals surface area contributed by atoms with E-state index in [1.54, 1.807) is 24.0 Å². The van der Waals surface area contributed by atoms with Crippen molar-refractivity contribution in [2.75, 3.05) is 18.3 Å². The Morgan fingerprint density at radius 1 is 1.22 bits per heavy atom. The number of allylic oxidation sites excluding steroid dienone is 2. The predicted molar refractivity (Wildman–Crippen MR) is 85.1 cm³/mol. The van der Waals surface area contributed by atoms with Crippen molar-refractivity contribution in [1.29, 1.82) is 0 Å². The van der Waals surface area contributed by atoms with Crippen LogP contribution >= 0.6 is 0 Å². The molecular weight excluding hydrogens is 321 g/mol. The summed E-state index contributed by atoms with van der Waals surface area (Å²) in [6.07, 6.45) is 5.87. The summed E-state index contributed by atoms with van der Waals surface area (Å²) in [5, 5.41) is 0. The number of halogens is 1. The van der Waals surface area contributed by atoms with Crippen molar-refractivity contribution >= 4 is 21.5 Å². The van der Waals surface area contributed by atoms with Gasteiger partial charge in [-0.15, -0.1) is 0 Å². The molecule has 0 bridgehead atoms. The number of sulfone groups is 1. The molecule has 1 saturated heterocycles. The summed E-state index contributed by atoms with van der Waals surface area (Å²) in [4.78, 5) is 26.1. The van der Waals surface area contributed by atoms with Gasteiger partial charge in [0.2, 0.25) is 5.91 Å². The van der Waals surface area contributed by atoms with Gasteiger partial charge in [0.15, 0.2) is 21.6 Å². The van der Waals surface area contributed by atoms with Crippen LogP contribution in [0.2, 0.25) is 0 Å². The van der Waals surface area contributed by atoms with Crippen molar-refractivity contribution in [3.8, 4) is 0 Å². The number of hydrogen-bond donors (Lipinski definition) is 0. The van der Waals surface area contributed by atoms with Crippen molar-refractivity contribution < 1.29 is 22.4 Å². The average Bonchev–Trinajstić information content (AvgIpc) is 2.64. The molecule has 1 amide bonds. The van der Waals surface area contributed by atoms with Crippen LogP contribution in [-0.2, 0) is 19.4 Å². The Hall–Kier alpha value is -1.50. The second kappa shape index (κ2) is 5.26. The van der Waals surface area contributed by atoms with Gasteiger partial charge in [-0.05, 0) is 39.8 Å². The lowest BCUT2D eigenvalue weighted by molar-refractivity contribution is -0.139. The van der Waals surface area contributed by atoms with E-state index in [0.29, 0.717) is 0 Å². The molecule has 1 atom stereocenters. The molecule has 2 rings (SSSR count). The maximum atomic E-state index is 13.0. The molecule has 1 aliphatic heterocycles. The lowest BCUT2D eigenvalue weighted by Gasteiger charge is -2.36. The molecule has 0 aromatic carbocycles. The van der Waals surface area contributed by atoms with Crippen molar-refractivity contribution in [3.63, 3.8) is 0 Å². The molecule has 1 unspecified atom stereocenters. The van der Waals surface area contributed by atoms with Gasteiger partial charge in [-0.2, -0.15) is 0 Å². The van der Waals surface area contributed by atoms with Crippen LogP contribution in [0.25, 0.3) is 0 Å². The number of amides is 1. The minimum atomic E-state index is -4.02. The zero-order chi connectivity index (χ0) is 17.7. The molecule has 1 aliphatic carbocycles. The third kappa shape index (κ3) is 2.86. The topological polar surface area (TPSA) is 71.5 Å². The summed E-state index contributed by atoms with van der Waals surface area (Å²) >= 11 is 0. The van der Waals surface area contributed by atoms with Gasteiger partial charge < -0.3 is 4.90 Å². The van der Waals surface area contributed by atoms with Crippen molar-refractivity contribution in [2.24, 2.45) is 10.8 Å². The van der Waals surface area contributed by atoms with Gasteiger partial charge in [0.1, 0.15) is 0 Å². The third-order valence-electron chi connectivity index (χ3n) is 4.74. The molecule has 0 N–H and O–H groups in total. The molecule has 5 nitrogen and oxygen atoms in total. The molecule has 128 valence electrons. The van der Waals surface area contributed by atoms with Gasteiger partial charge in [-0.3, -0.25) is 9.59 Å². The van der Waals surface area contributed by atoms with E-state index in [1.807, 2.05) is 20.8 Å². The van der Waals surface area contributed by atoms with Crippen LogP contribution in [0.3, 0.4) is 0 Å². The highest BCUT2D eigenvalue weighted by Gasteiger charge is 2.62. The second-order valence-corrected chi connectivity index (χ2v) is 9.49. The van der Waals surface area contributed by atoms with Gasteiger partial charge in [-0.25, -0.2) is 12.8 Å². The van der Waals surface area contributed by atoms with E-state index in [9.17, 15) is 22.4 Å². The van der Waals surface area contributed by atoms with Crippen LogP contribution in [-0.4, -0.2) is 48.9 Å². The number of rotatable bonds is 3. The fourth-order valence-electron chi connectivity index (χ4n) is 3.27. The number of nitrogens with zero attached hydrogens (tertiary/aromatic N) is 1. The quantitative estimate of drug-likeness (QED) is 0.781. The van der Waals surface area contributed by atoms with E-state index in [2.05, 4.69) is 0 Å². The highest BCUT2D eigenvalue weighted by atomic mass is 32.2. The second-order valence-electron chi connectivity index (χ2n) is 7.50. The summed E-state index contributed by atoms with van der Waals surface area (Å²) in [6, 6.07) is -1.51. The summed E-state index contributed by atoms with van der Waals surface area (Å²) in [7, 11) is -4.02. The lowest BCUT2D eigenvalue weighted by atomic mass is 9.66. The van der Waals surface area contributed by atoms with Crippen LogP contribution in [0.4, 0.5) is 4.39 Å². The molecular formula is C16H22FNO4S. The molecule has 2 aliphatic rings. The predicted octanol–water partition coefficient (Wildman–Crippen LogP) is 1.66. The first-order valence-electron chi connectivity index (χ1n) is 7.38. The number of likely N-dealkylation sites (tertiary alicyclic amines) is 1. The van der Waals surface area contributed by atoms with Gasteiger partial charge in [0.05, 0.1) is 11.2 Å². The number of carbonyl (C=O) groups is 2. The monoisotopic (exact) mass is 343 g/mol. The van der Waals surface area contributed by atoms with Crippen LogP contribution in [0.5, 0.6) is 0 Å². The standard InChI is InChI=1S/C16H22FNO4S/c1-14(2,3)18-9-16(7-5-12(19)6-8-16)15(4,13(18)20)10-23(21,22)11-17/h5-8H,9-11H2,1-4H3. The van der Waals surface area contributed by atoms with Gasteiger partial charge in [0, 0.05) is 17.5 Å². The molecule has 0 aromatic heterocycles. The van der Waals surface area contributed by atoms with E-state index in [1.165, 1.54) is 12.2 Å². The first kappa shape index (κ1) is 17.8. The highest BCUT2D eigenvalue weighted by Crippen LogP contribution is 2.52. The largest absolute Gasteiger partial charge is 0.336 e. The van der Waals surface area contributed by atoms with E-state index in [-0.39, 0.29) is 18.2 Å². The lowest BCUT2D eigenvalue weighted by Crippen LogP contribution is -2.47. The Labute approximate surface area is 136 Å². The number of ketones is 1. The van der Waals surface area contributed by atoms with Crippen LogP contribution < -0.4 is 0 Å². The highest BCUT2D eigenvalue weighted by molar-refractivity contribution is 7.91. The third-order valence-corrected chi connectivity index (χ3v) is 6.09. The Morgan fingerprint density at radius 2 is 1.74 bits per heavy atom. The number of hydrogen-bond acceptors (Lipinski definition) is 4. The van der Waals surface area contributed by atoms with E-state index >= 15 is 0 Å². The number of alkyl halides is 1. The molecule has 1 spiro atoms. The Morgan fingerprint density at radius 3 is 2.17 bits per heavy atom. The van der Waals surface area contributed by atoms with Crippen LogP contribution in [0.15, 0.2) is 24.3 Å². The first-order valence-corrected chi connectivity index (χ1v) is 9.20. The maximum Gasteiger partial charge on any atom is 0.231 e. The fraction of sp³-hybridized carbons (Fsp3) is 0.625. The SMILES string of the molecule is CC(C)(C)N1CC2(C=CC(=O)C=C2)C(C)(CS(=O)(=O)CF)C1=O. The minimum Gasteiger partial charge on any atom is -0.336 e. The molecule has 0 radical (unpaired) electrons. The minimum absolute atomic E-state index is 0.215. The first-order chi connectivity index (χ1) is 10.4. The smallest absolute Gasteiger partial charge is 0.231 e. The molecule has 1 heterocycles. The molecule has 23 heavy (non-hydrogen) atoms. The average molecular weight is 343 g/mol. The molecule has 1 fully saturated rings. The van der Waals surface area contributed by atoms with Crippen LogP contribution in [0, 0.1) is 10.8 Å². The fourth-order valence-corrected chi connectivity index (χ4v) is 4.62. The zero-order valence-electron chi connectivity index (χ0n) is 13.8. The Balaban J connectivity index is 2.59. The van der Waals surface area contributed by atoms with Crippen LogP contribution in [0.1, 0.15) is 27.7 Å². The van der Waals surface area contributed by atoms with E-state index in [4.69, 9.17) is 0 Å². The summed E-state index contributed by atoms with van der Waals surface area (Å²) < 4.78 is 36.7. The van der Waals surface area contributed by atoms with E-state index < -0.39 is 38.0 Å². The van der Waals surface area contributed by atoms with Gasteiger partial charge in [0.25, 0.3) is 0 Å². The molecule has 0 saturated carbocycles. The van der Waals surface area contributed by atoms with Crippen molar-refractivity contribution in [3.05, 3.63) is 24.3 Å². The van der Waals surface area contributed by atoms with Crippen molar-refractivity contribution in [1.82, 2.24) is 4.90 Å². The van der Waals surface area contributed by atoms with Gasteiger partial charge >= 0.3 is 0 Å². The summed E-state index contributed by atoms with van der Waals surface area (Å²) in [5.74, 6) is -1.15. The van der Waals surface area contributed by atoms with Gasteiger partial charge in [-0.1, -0.05) is 12.2 Å². The zero-order valence-corrected chi connectivity index (χ0v) is 14.6. The maximum absolute atomic E-state index is 13.0. The number of carbonyl (C=O) groups excluding carboxylic acids is 2.